The molecule has 0 heterocycles. The Morgan fingerprint density at radius 3 is 2.58 bits per heavy atom. The molecule has 4 nitrogen and oxygen atoms in total. The highest BCUT2D eigenvalue weighted by atomic mass is 16.5. The molecule has 0 aliphatic heterocycles. The molecule has 2 N–H and O–H groups in total. The van der Waals surface area contributed by atoms with E-state index in [1.807, 2.05) is 61.5 Å². The van der Waals surface area contributed by atoms with Crippen molar-refractivity contribution in [3.63, 3.8) is 0 Å². The summed E-state index contributed by atoms with van der Waals surface area (Å²) < 4.78 is 5.51. The molecule has 134 valence electrons. The number of benzene rings is 3. The monoisotopic (exact) mass is 349 g/mol. The van der Waals surface area contributed by atoms with Crippen molar-refractivity contribution >= 4 is 16.7 Å². The summed E-state index contributed by atoms with van der Waals surface area (Å²) in [4.78, 5) is 12.4. The van der Waals surface area contributed by atoms with Gasteiger partial charge in [-0.15, -0.1) is 0 Å². The molecule has 0 unspecified atom stereocenters. The number of aromatic hydroxyl groups is 1. The van der Waals surface area contributed by atoms with Crippen LogP contribution in [0.4, 0.5) is 0 Å². The van der Waals surface area contributed by atoms with E-state index < -0.39 is 6.04 Å². The molecule has 0 aliphatic rings. The van der Waals surface area contributed by atoms with E-state index in [1.54, 1.807) is 13.2 Å². The number of rotatable bonds is 6. The zero-order valence-electron chi connectivity index (χ0n) is 15.0. The van der Waals surface area contributed by atoms with Crippen LogP contribution in [0.2, 0.25) is 0 Å². The summed E-state index contributed by atoms with van der Waals surface area (Å²) in [5.41, 5.74) is 1.49. The lowest BCUT2D eigenvalue weighted by Gasteiger charge is -2.24. The van der Waals surface area contributed by atoms with Crippen LogP contribution in [0, 0.1) is 0 Å². The molecule has 0 saturated heterocycles. The molecule has 1 amide bonds. The molecule has 0 radical (unpaired) electrons. The molecule has 4 heteroatoms. The maximum Gasteiger partial charge on any atom is 0.220 e. The van der Waals surface area contributed by atoms with Gasteiger partial charge in [-0.2, -0.15) is 0 Å². The number of carbonyl (C=O) groups excluding carboxylic acids is 1. The second-order valence-corrected chi connectivity index (χ2v) is 6.21. The standard InChI is InChI=1S/C22H23NO3/c1-3-8-20(25)23-22(17-11-6-7-12-19(17)26-2)21-16-10-5-4-9-15(16)13-14-18(21)24/h4-7,9-14,22,24H,3,8H2,1-2H3,(H,23,25)/t22-/m1/s1. The van der Waals surface area contributed by atoms with Crippen molar-refractivity contribution in [3.8, 4) is 11.5 Å². The number of amides is 1. The summed E-state index contributed by atoms with van der Waals surface area (Å²) in [7, 11) is 1.60. The van der Waals surface area contributed by atoms with Crippen LogP contribution in [0.25, 0.3) is 10.8 Å². The molecular weight excluding hydrogens is 326 g/mol. The number of fused-ring (bicyclic) bond motifs is 1. The number of phenolic OH excluding ortho intramolecular Hbond substituents is 1. The third-order valence-corrected chi connectivity index (χ3v) is 4.47. The van der Waals surface area contributed by atoms with Crippen molar-refractivity contribution in [2.45, 2.75) is 25.8 Å². The number of para-hydroxylation sites is 1. The van der Waals surface area contributed by atoms with Gasteiger partial charge in [-0.25, -0.2) is 0 Å². The molecule has 1 atom stereocenters. The first-order chi connectivity index (χ1) is 12.7. The Balaban J connectivity index is 2.21. The summed E-state index contributed by atoms with van der Waals surface area (Å²) in [5.74, 6) is 0.758. The van der Waals surface area contributed by atoms with Gasteiger partial charge in [-0.1, -0.05) is 55.5 Å². The Kier molecular flexibility index (Phi) is 5.42. The van der Waals surface area contributed by atoms with Crippen LogP contribution >= 0.6 is 0 Å². The maximum absolute atomic E-state index is 12.4. The van der Waals surface area contributed by atoms with Crippen molar-refractivity contribution in [3.05, 3.63) is 71.8 Å². The van der Waals surface area contributed by atoms with Crippen LogP contribution in [-0.2, 0) is 4.79 Å². The molecule has 0 saturated carbocycles. The maximum atomic E-state index is 12.4. The third kappa shape index (κ3) is 3.49. The number of carbonyl (C=O) groups is 1. The van der Waals surface area contributed by atoms with Gasteiger partial charge in [0.1, 0.15) is 11.5 Å². The van der Waals surface area contributed by atoms with Gasteiger partial charge in [0.25, 0.3) is 0 Å². The van der Waals surface area contributed by atoms with E-state index in [1.165, 1.54) is 0 Å². The second-order valence-electron chi connectivity index (χ2n) is 6.21. The van der Waals surface area contributed by atoms with Gasteiger partial charge in [0, 0.05) is 17.5 Å². The van der Waals surface area contributed by atoms with E-state index in [0.29, 0.717) is 17.7 Å². The fourth-order valence-electron chi connectivity index (χ4n) is 3.26. The highest BCUT2D eigenvalue weighted by molar-refractivity contribution is 5.89. The number of hydrogen-bond donors (Lipinski definition) is 2. The fourth-order valence-corrected chi connectivity index (χ4v) is 3.26. The zero-order valence-corrected chi connectivity index (χ0v) is 15.0. The minimum Gasteiger partial charge on any atom is -0.508 e. The predicted molar refractivity (Wildman–Crippen MR) is 104 cm³/mol. The SMILES string of the molecule is CCCC(=O)N[C@H](c1ccccc1OC)c1c(O)ccc2ccccc12. The third-order valence-electron chi connectivity index (χ3n) is 4.47. The Morgan fingerprint density at radius 2 is 1.81 bits per heavy atom. The normalized spacial score (nSPS) is 11.9. The quantitative estimate of drug-likeness (QED) is 0.686. The molecular formula is C22H23NO3. The average molecular weight is 349 g/mol. The Hall–Kier alpha value is -3.01. The first kappa shape index (κ1) is 17.8. The highest BCUT2D eigenvalue weighted by Crippen LogP contribution is 2.38. The van der Waals surface area contributed by atoms with Crippen molar-refractivity contribution in [2.24, 2.45) is 0 Å². The summed E-state index contributed by atoms with van der Waals surface area (Å²) in [6, 6.07) is 18.4. The summed E-state index contributed by atoms with van der Waals surface area (Å²) >= 11 is 0. The van der Waals surface area contributed by atoms with Gasteiger partial charge in [-0.3, -0.25) is 4.79 Å². The van der Waals surface area contributed by atoms with Crippen molar-refractivity contribution < 1.29 is 14.6 Å². The van der Waals surface area contributed by atoms with E-state index in [9.17, 15) is 9.90 Å². The van der Waals surface area contributed by atoms with Crippen LogP contribution in [0.1, 0.15) is 36.9 Å². The Morgan fingerprint density at radius 1 is 1.08 bits per heavy atom. The fraction of sp³-hybridized carbons (Fsp3) is 0.227. The van der Waals surface area contributed by atoms with Crippen LogP contribution in [0.15, 0.2) is 60.7 Å². The largest absolute Gasteiger partial charge is 0.508 e. The van der Waals surface area contributed by atoms with Crippen LogP contribution in [0.3, 0.4) is 0 Å². The molecule has 0 spiro atoms. The number of ether oxygens (including phenoxy) is 1. The minimum atomic E-state index is -0.503. The van der Waals surface area contributed by atoms with E-state index in [0.717, 1.165) is 22.8 Å². The van der Waals surface area contributed by atoms with E-state index >= 15 is 0 Å². The first-order valence-electron chi connectivity index (χ1n) is 8.78. The first-order valence-corrected chi connectivity index (χ1v) is 8.78. The lowest BCUT2D eigenvalue weighted by Crippen LogP contribution is -2.29. The summed E-state index contributed by atoms with van der Waals surface area (Å²) in [6.07, 6.45) is 1.18. The van der Waals surface area contributed by atoms with Gasteiger partial charge in [0.05, 0.1) is 13.2 Å². The number of phenols is 1. The average Bonchev–Trinajstić information content (AvgIpc) is 2.67. The Labute approximate surface area is 153 Å². The highest BCUT2D eigenvalue weighted by Gasteiger charge is 2.24. The van der Waals surface area contributed by atoms with Gasteiger partial charge >= 0.3 is 0 Å². The topological polar surface area (TPSA) is 58.6 Å². The van der Waals surface area contributed by atoms with Gasteiger partial charge in [0.2, 0.25) is 5.91 Å². The van der Waals surface area contributed by atoms with Crippen LogP contribution < -0.4 is 10.1 Å². The van der Waals surface area contributed by atoms with Crippen molar-refractivity contribution in [2.75, 3.05) is 7.11 Å². The number of nitrogens with one attached hydrogen (secondary N) is 1. The predicted octanol–water partition coefficient (Wildman–Crippen LogP) is 4.56. The molecule has 3 aromatic rings. The van der Waals surface area contributed by atoms with E-state index in [2.05, 4.69) is 5.32 Å². The van der Waals surface area contributed by atoms with Crippen LogP contribution in [-0.4, -0.2) is 18.1 Å². The van der Waals surface area contributed by atoms with Crippen molar-refractivity contribution in [1.82, 2.24) is 5.32 Å². The summed E-state index contributed by atoms with van der Waals surface area (Å²) in [5, 5.41) is 15.6. The van der Waals surface area contributed by atoms with Gasteiger partial charge in [0.15, 0.2) is 0 Å². The molecule has 0 fully saturated rings. The van der Waals surface area contributed by atoms with Crippen LogP contribution in [0.5, 0.6) is 11.5 Å². The lowest BCUT2D eigenvalue weighted by molar-refractivity contribution is -0.121. The lowest BCUT2D eigenvalue weighted by atomic mass is 9.92. The zero-order chi connectivity index (χ0) is 18.5. The molecule has 0 aromatic heterocycles. The van der Waals surface area contributed by atoms with E-state index in [4.69, 9.17) is 4.74 Å². The molecule has 0 aliphatic carbocycles. The second kappa shape index (κ2) is 7.91. The van der Waals surface area contributed by atoms with Gasteiger partial charge < -0.3 is 15.2 Å². The summed E-state index contributed by atoms with van der Waals surface area (Å²) in [6.45, 7) is 1.97. The smallest absolute Gasteiger partial charge is 0.220 e. The molecule has 3 rings (SSSR count). The Bertz CT molecular complexity index is 920. The molecule has 3 aromatic carbocycles. The van der Waals surface area contributed by atoms with E-state index in [-0.39, 0.29) is 11.7 Å². The number of methoxy groups -OCH3 is 1. The molecule has 26 heavy (non-hydrogen) atoms. The van der Waals surface area contributed by atoms with Gasteiger partial charge in [-0.05, 0) is 29.3 Å². The van der Waals surface area contributed by atoms with Crippen molar-refractivity contribution in [1.29, 1.82) is 0 Å². The number of hydrogen-bond acceptors (Lipinski definition) is 3. The minimum absolute atomic E-state index is 0.0595. The molecule has 0 bridgehead atoms.